The highest BCUT2D eigenvalue weighted by molar-refractivity contribution is 5.94. The summed E-state index contributed by atoms with van der Waals surface area (Å²) in [6, 6.07) is 1.08. The van der Waals surface area contributed by atoms with Crippen molar-refractivity contribution in [2.24, 2.45) is 0 Å². The molecule has 0 fully saturated rings. The second kappa shape index (κ2) is 5.14. The molecule has 2 heterocycles. The van der Waals surface area contributed by atoms with Gasteiger partial charge in [0.05, 0.1) is 0 Å². The molecular formula is C13H12F5N3O2. The second-order valence-corrected chi connectivity index (χ2v) is 5.76. The van der Waals surface area contributed by atoms with Crippen LogP contribution in [0.2, 0.25) is 0 Å². The van der Waals surface area contributed by atoms with Crippen molar-refractivity contribution in [3.63, 3.8) is 0 Å². The van der Waals surface area contributed by atoms with Gasteiger partial charge in [-0.25, -0.2) is 9.31 Å². The summed E-state index contributed by atoms with van der Waals surface area (Å²) in [4.78, 5) is 11.9. The Bertz CT molecular complexity index is 746. The number of pyridine rings is 1. The predicted molar refractivity (Wildman–Crippen MR) is 68.1 cm³/mol. The van der Waals surface area contributed by atoms with Crippen LogP contribution in [0.3, 0.4) is 0 Å². The summed E-state index contributed by atoms with van der Waals surface area (Å²) < 4.78 is 70.1. The Kier molecular flexibility index (Phi) is 3.82. The van der Waals surface area contributed by atoms with E-state index >= 15 is 0 Å². The summed E-state index contributed by atoms with van der Waals surface area (Å²) in [5, 5.41) is 6.97. The zero-order valence-corrected chi connectivity index (χ0v) is 12.3. The Morgan fingerprint density at radius 2 is 1.78 bits per heavy atom. The number of carbonyl (C=O) groups excluding carboxylic acids is 1. The molecular weight excluding hydrogens is 325 g/mol. The molecule has 10 heteroatoms. The topological polar surface area (TPSA) is 56.5 Å². The van der Waals surface area contributed by atoms with E-state index in [1.807, 2.05) is 0 Å². The monoisotopic (exact) mass is 337 g/mol. The molecule has 2 rings (SSSR count). The third kappa shape index (κ3) is 3.25. The molecule has 0 radical (unpaired) electrons. The number of ether oxygens (including phenoxy) is 1. The number of carbonyl (C=O) groups is 1. The molecule has 0 N–H and O–H groups in total. The number of hydrogen-bond donors (Lipinski definition) is 0. The number of rotatable bonds is 2. The minimum atomic E-state index is -5.76. The number of hydrogen-bond acceptors (Lipinski definition) is 4. The molecule has 0 spiro atoms. The molecule has 0 atom stereocenters. The van der Waals surface area contributed by atoms with Crippen LogP contribution in [-0.2, 0) is 10.7 Å². The van der Waals surface area contributed by atoms with Gasteiger partial charge in [-0.2, -0.15) is 22.0 Å². The molecule has 0 amide bonds. The summed E-state index contributed by atoms with van der Waals surface area (Å²) in [5.74, 6) is -6.04. The van der Waals surface area contributed by atoms with E-state index in [0.29, 0.717) is 12.1 Å². The summed E-state index contributed by atoms with van der Waals surface area (Å²) in [7, 11) is 0. The average molecular weight is 337 g/mol. The van der Waals surface area contributed by atoms with Gasteiger partial charge in [-0.05, 0) is 32.9 Å². The van der Waals surface area contributed by atoms with Crippen molar-refractivity contribution in [2.75, 3.05) is 0 Å². The summed E-state index contributed by atoms with van der Waals surface area (Å²) in [5.41, 5.74) is -2.95. The summed E-state index contributed by atoms with van der Waals surface area (Å²) in [6.45, 7) is 4.71. The minimum absolute atomic E-state index is 0.305. The number of fused-ring (bicyclic) bond motifs is 1. The number of alkyl halides is 5. The van der Waals surface area contributed by atoms with E-state index in [2.05, 4.69) is 10.3 Å². The molecule has 0 aliphatic heterocycles. The van der Waals surface area contributed by atoms with E-state index in [4.69, 9.17) is 4.74 Å². The molecule has 2 aromatic rings. The first-order chi connectivity index (χ1) is 10.3. The quantitative estimate of drug-likeness (QED) is 0.623. The van der Waals surface area contributed by atoms with Gasteiger partial charge in [0.1, 0.15) is 11.1 Å². The molecule has 0 unspecified atom stereocenters. The molecule has 0 aliphatic carbocycles. The highest BCUT2D eigenvalue weighted by atomic mass is 19.4. The first kappa shape index (κ1) is 17.1. The molecule has 0 bridgehead atoms. The van der Waals surface area contributed by atoms with Crippen molar-refractivity contribution in [3.8, 4) is 0 Å². The van der Waals surface area contributed by atoms with Crippen molar-refractivity contribution >= 4 is 11.5 Å². The van der Waals surface area contributed by atoms with Gasteiger partial charge in [0.2, 0.25) is 0 Å². The highest BCUT2D eigenvalue weighted by Crippen LogP contribution is 2.44. The van der Waals surface area contributed by atoms with Crippen molar-refractivity contribution in [1.82, 2.24) is 14.8 Å². The third-order valence-electron chi connectivity index (χ3n) is 2.73. The molecule has 0 aliphatic rings. The lowest BCUT2D eigenvalue weighted by Crippen LogP contribution is -2.33. The lowest BCUT2D eigenvalue weighted by Gasteiger charge is -2.20. The van der Waals surface area contributed by atoms with E-state index in [9.17, 15) is 26.7 Å². The Balaban J connectivity index is 2.51. The lowest BCUT2D eigenvalue weighted by atomic mass is 10.1. The zero-order valence-electron chi connectivity index (χ0n) is 12.3. The van der Waals surface area contributed by atoms with Crippen molar-refractivity contribution in [3.05, 3.63) is 29.6 Å². The normalized spacial score (nSPS) is 13.4. The third-order valence-corrected chi connectivity index (χ3v) is 2.73. The summed E-state index contributed by atoms with van der Waals surface area (Å²) >= 11 is 0. The molecule has 126 valence electrons. The first-order valence-corrected chi connectivity index (χ1v) is 6.36. The molecule has 0 saturated heterocycles. The van der Waals surface area contributed by atoms with Crippen LogP contribution in [0.4, 0.5) is 22.0 Å². The maximum absolute atomic E-state index is 13.4. The van der Waals surface area contributed by atoms with Crippen LogP contribution in [0.25, 0.3) is 5.52 Å². The molecule has 23 heavy (non-hydrogen) atoms. The highest BCUT2D eigenvalue weighted by Gasteiger charge is 2.58. The van der Waals surface area contributed by atoms with Crippen molar-refractivity contribution < 1.29 is 31.5 Å². The van der Waals surface area contributed by atoms with Gasteiger partial charge in [-0.3, -0.25) is 0 Å². The Morgan fingerprint density at radius 1 is 1.17 bits per heavy atom. The standard InChI is InChI=1S/C13H12F5N3O2/c1-11(2,3)23-10(22)9-8-6-7(4-5-21(8)20-19-9)12(14,15)13(16,17)18/h4-6H,1-3H3. The Hall–Kier alpha value is -2.26. The van der Waals surface area contributed by atoms with Crippen LogP contribution in [0.1, 0.15) is 36.8 Å². The molecule has 0 saturated carbocycles. The van der Waals surface area contributed by atoms with E-state index in [1.54, 1.807) is 20.8 Å². The van der Waals surface area contributed by atoms with Gasteiger partial charge in [0.15, 0.2) is 5.69 Å². The predicted octanol–water partition coefficient (Wildman–Crippen LogP) is 3.34. The van der Waals surface area contributed by atoms with Crippen LogP contribution < -0.4 is 0 Å². The number of halogens is 5. The Morgan fingerprint density at radius 3 is 2.30 bits per heavy atom. The van der Waals surface area contributed by atoms with E-state index < -0.39 is 34.9 Å². The van der Waals surface area contributed by atoms with Crippen LogP contribution in [0.15, 0.2) is 18.3 Å². The molecule has 2 aromatic heterocycles. The lowest BCUT2D eigenvalue weighted by molar-refractivity contribution is -0.289. The maximum Gasteiger partial charge on any atom is 0.458 e. The average Bonchev–Trinajstić information content (AvgIpc) is 2.77. The van der Waals surface area contributed by atoms with E-state index in [1.165, 1.54) is 0 Å². The zero-order chi connectivity index (χ0) is 17.6. The van der Waals surface area contributed by atoms with E-state index in [0.717, 1.165) is 10.7 Å². The number of aromatic nitrogens is 3. The molecule has 0 aromatic carbocycles. The number of esters is 1. The van der Waals surface area contributed by atoms with Gasteiger partial charge in [0.25, 0.3) is 0 Å². The fourth-order valence-electron chi connectivity index (χ4n) is 1.72. The smallest absolute Gasteiger partial charge is 0.455 e. The number of nitrogens with zero attached hydrogens (tertiary/aromatic N) is 3. The van der Waals surface area contributed by atoms with E-state index in [-0.39, 0.29) is 5.52 Å². The summed E-state index contributed by atoms with van der Waals surface area (Å²) in [6.07, 6.45) is -4.89. The first-order valence-electron chi connectivity index (χ1n) is 6.36. The molecule has 5 nitrogen and oxygen atoms in total. The van der Waals surface area contributed by atoms with Gasteiger partial charge in [-0.15, -0.1) is 5.10 Å². The van der Waals surface area contributed by atoms with Gasteiger partial charge in [0, 0.05) is 11.8 Å². The SMILES string of the molecule is CC(C)(C)OC(=O)c1nnn2ccc(C(F)(F)C(F)(F)F)cc12. The van der Waals surface area contributed by atoms with Gasteiger partial charge in [-0.1, -0.05) is 5.21 Å². The second-order valence-electron chi connectivity index (χ2n) is 5.76. The van der Waals surface area contributed by atoms with Crippen LogP contribution in [0.5, 0.6) is 0 Å². The van der Waals surface area contributed by atoms with Gasteiger partial charge < -0.3 is 4.74 Å². The largest absolute Gasteiger partial charge is 0.458 e. The minimum Gasteiger partial charge on any atom is -0.455 e. The van der Waals surface area contributed by atoms with Crippen molar-refractivity contribution in [2.45, 2.75) is 38.5 Å². The van der Waals surface area contributed by atoms with Crippen LogP contribution in [-0.4, -0.2) is 32.6 Å². The maximum atomic E-state index is 13.4. The Labute approximate surface area is 127 Å². The fourth-order valence-corrected chi connectivity index (χ4v) is 1.72. The fraction of sp³-hybridized carbons (Fsp3) is 0.462. The van der Waals surface area contributed by atoms with Gasteiger partial charge >= 0.3 is 18.1 Å². The van der Waals surface area contributed by atoms with Crippen LogP contribution in [0, 0.1) is 0 Å². The van der Waals surface area contributed by atoms with Crippen LogP contribution >= 0.6 is 0 Å². The van der Waals surface area contributed by atoms with Crippen molar-refractivity contribution in [1.29, 1.82) is 0 Å².